The van der Waals surface area contributed by atoms with Gasteiger partial charge in [0, 0.05) is 0 Å². The Labute approximate surface area is 193 Å². The van der Waals surface area contributed by atoms with Gasteiger partial charge in [0.2, 0.25) is 0 Å². The summed E-state index contributed by atoms with van der Waals surface area (Å²) in [4.78, 5) is 0. The van der Waals surface area contributed by atoms with E-state index in [1.165, 1.54) is 36.6 Å². The molecule has 0 aliphatic heterocycles. The second kappa shape index (κ2) is 11.5. The molecule has 2 aromatic rings. The van der Waals surface area contributed by atoms with Crippen molar-refractivity contribution in [1.82, 2.24) is 0 Å². The fraction of sp³-hybridized carbons (Fsp3) is 0.308. The number of unbranched alkanes of at least 4 members (excludes halogenated alkanes) is 1. The van der Waals surface area contributed by atoms with Crippen LogP contribution in [0, 0.1) is 0 Å². The zero-order valence-electron chi connectivity index (χ0n) is 17.9. The van der Waals surface area contributed by atoms with Crippen molar-refractivity contribution in [3.63, 3.8) is 0 Å². The minimum Gasteiger partial charge on any atom is -1.00 e. The van der Waals surface area contributed by atoms with Gasteiger partial charge in [0.15, 0.2) is 0 Å². The summed E-state index contributed by atoms with van der Waals surface area (Å²) in [7, 11) is 0.772. The van der Waals surface area contributed by atoms with Gasteiger partial charge in [0.1, 0.15) is 0 Å². The maximum Gasteiger partial charge on any atom is -1.00 e. The van der Waals surface area contributed by atoms with Crippen molar-refractivity contribution in [2.45, 2.75) is 50.1 Å². The van der Waals surface area contributed by atoms with Crippen LogP contribution < -0.4 is 14.7 Å². The Hall–Kier alpha value is -1.17. The van der Waals surface area contributed by atoms with E-state index in [-0.39, 0.29) is 9.41 Å². The van der Waals surface area contributed by atoms with E-state index < -0.39 is 23.2 Å². The third-order valence-corrected chi connectivity index (χ3v) is 12.1. The van der Waals surface area contributed by atoms with Gasteiger partial charge in [-0.25, -0.2) is 0 Å². The first-order valence-corrected chi connectivity index (χ1v) is 14.1. The molecule has 156 valence electrons. The number of rotatable bonds is 7. The number of allylic oxidation sites excluding steroid dienone is 5. The standard InChI is InChI=1S/C16H14P.C10H15.2FH.Zr/c1-12-11-13-7-5-6-10-15(13)16(12)17-14-8-3-2-4-9-14;1-3-4-7-10-8-5-6-9(10)2;;;/h2-11,17H,1H3;6H,3-5,7H2,1-2H3;2*1H;/q;;;;+2/p-2. The summed E-state index contributed by atoms with van der Waals surface area (Å²) in [5.41, 5.74) is 8.13. The Morgan fingerprint density at radius 2 is 1.67 bits per heavy atom. The smallest absolute Gasteiger partial charge is 1.00 e. The van der Waals surface area contributed by atoms with Crippen molar-refractivity contribution in [2.75, 3.05) is 0 Å². The number of hydrogen-bond donors (Lipinski definition) is 0. The molecule has 0 bridgehead atoms. The number of fused-ring (bicyclic) bond motifs is 1. The Kier molecular flexibility index (Phi) is 9.58. The fourth-order valence-electron chi connectivity index (χ4n) is 4.35. The van der Waals surface area contributed by atoms with Crippen LogP contribution in [0.3, 0.4) is 0 Å². The monoisotopic (exact) mass is 500 g/mol. The van der Waals surface area contributed by atoms with Crippen LogP contribution >= 0.6 is 8.58 Å². The molecule has 0 spiro atoms. The van der Waals surface area contributed by atoms with Crippen molar-refractivity contribution in [1.29, 1.82) is 0 Å². The van der Waals surface area contributed by atoms with E-state index in [1.54, 1.807) is 27.6 Å². The second-order valence-corrected chi connectivity index (χ2v) is 12.8. The first-order valence-electron chi connectivity index (χ1n) is 10.5. The van der Waals surface area contributed by atoms with Crippen LogP contribution in [0.2, 0.25) is 0 Å². The molecule has 2 aliphatic carbocycles. The van der Waals surface area contributed by atoms with Crippen LogP contribution in [0.5, 0.6) is 0 Å². The molecule has 0 heterocycles. The average molecular weight is 502 g/mol. The Balaban J connectivity index is 0.00000160. The summed E-state index contributed by atoms with van der Waals surface area (Å²) in [6.07, 6.45) is 7.65. The summed E-state index contributed by atoms with van der Waals surface area (Å²) in [6, 6.07) is 20.3. The summed E-state index contributed by atoms with van der Waals surface area (Å²) < 4.78 is 2.58. The molecule has 0 aromatic heterocycles. The zero-order valence-corrected chi connectivity index (χ0v) is 21.4. The van der Waals surface area contributed by atoms with E-state index >= 15 is 0 Å². The van der Waals surface area contributed by atoms with E-state index in [0.717, 1.165) is 12.2 Å². The van der Waals surface area contributed by atoms with Gasteiger partial charge in [-0.2, -0.15) is 0 Å². The Bertz CT molecular complexity index is 960. The summed E-state index contributed by atoms with van der Waals surface area (Å²) >= 11 is -0.691. The maximum absolute atomic E-state index is 2.49. The Morgan fingerprint density at radius 3 is 2.40 bits per heavy atom. The van der Waals surface area contributed by atoms with E-state index in [9.17, 15) is 0 Å². The average Bonchev–Trinajstić information content (AvgIpc) is 3.20. The fourth-order valence-corrected chi connectivity index (χ4v) is 10.6. The van der Waals surface area contributed by atoms with E-state index in [2.05, 4.69) is 81.4 Å². The van der Waals surface area contributed by atoms with Gasteiger partial charge < -0.3 is 9.41 Å². The van der Waals surface area contributed by atoms with Crippen LogP contribution in [0.1, 0.15) is 61.2 Å². The van der Waals surface area contributed by atoms with Crippen LogP contribution in [0.25, 0.3) is 5.31 Å². The molecule has 0 saturated heterocycles. The molecule has 0 fully saturated rings. The van der Waals surface area contributed by atoms with Crippen LogP contribution in [0.4, 0.5) is 0 Å². The molecule has 2 aromatic carbocycles. The van der Waals surface area contributed by atoms with E-state index in [1.807, 2.05) is 3.28 Å². The third kappa shape index (κ3) is 5.17. The van der Waals surface area contributed by atoms with Gasteiger partial charge in [0.25, 0.3) is 0 Å². The molecule has 0 radical (unpaired) electrons. The third-order valence-electron chi connectivity index (χ3n) is 5.96. The molecular weight excluding hydrogens is 472 g/mol. The molecule has 4 heteroatoms. The van der Waals surface area contributed by atoms with Crippen LogP contribution in [-0.2, 0) is 23.2 Å². The molecule has 2 unspecified atom stereocenters. The van der Waals surface area contributed by atoms with Crippen molar-refractivity contribution in [3.05, 3.63) is 91.8 Å². The predicted molar refractivity (Wildman–Crippen MR) is 121 cm³/mol. The van der Waals surface area contributed by atoms with Gasteiger partial charge in [0.05, 0.1) is 0 Å². The summed E-state index contributed by atoms with van der Waals surface area (Å²) in [5.74, 6) is 0. The predicted octanol–water partition coefficient (Wildman–Crippen LogP) is 1.36. The van der Waals surface area contributed by atoms with Crippen LogP contribution in [0.15, 0.2) is 80.7 Å². The van der Waals surface area contributed by atoms with Crippen molar-refractivity contribution >= 4 is 19.2 Å². The van der Waals surface area contributed by atoms with Gasteiger partial charge in [-0.3, -0.25) is 0 Å². The van der Waals surface area contributed by atoms with Gasteiger partial charge >= 0.3 is 184 Å². The zero-order chi connectivity index (χ0) is 19.5. The quantitative estimate of drug-likeness (QED) is 0.503. The minimum absolute atomic E-state index is 0. The molecule has 0 N–H and O–H groups in total. The number of benzene rings is 2. The second-order valence-electron chi connectivity index (χ2n) is 7.87. The first-order chi connectivity index (χ1) is 13.7. The summed E-state index contributed by atoms with van der Waals surface area (Å²) in [6.45, 7) is 7.08. The van der Waals surface area contributed by atoms with Crippen molar-refractivity contribution in [2.24, 2.45) is 0 Å². The molecule has 0 saturated carbocycles. The van der Waals surface area contributed by atoms with Crippen molar-refractivity contribution in [3.8, 4) is 0 Å². The molecule has 2 atom stereocenters. The molecule has 2 aliphatic rings. The molecular formula is C26H29F2PZr. The minimum atomic E-state index is -0.691. The van der Waals surface area contributed by atoms with Gasteiger partial charge in [-0.1, -0.05) is 0 Å². The molecule has 0 nitrogen and oxygen atoms in total. The number of hydrogen-bond acceptors (Lipinski definition) is 0. The van der Waals surface area contributed by atoms with Crippen LogP contribution in [-0.4, -0.2) is 0 Å². The SMILES string of the molecule is CCCCC1=[C]([Zr+2][CH]2C(C)=C(Pc3ccccc3)c3ccccc32)CC=C1C.[F-].[F-]. The normalized spacial score (nSPS) is 17.6. The maximum atomic E-state index is 2.49. The molecule has 4 rings (SSSR count). The van der Waals surface area contributed by atoms with Crippen molar-refractivity contribution < 1.29 is 32.6 Å². The topological polar surface area (TPSA) is 0 Å². The Morgan fingerprint density at radius 1 is 0.967 bits per heavy atom. The molecule has 30 heavy (non-hydrogen) atoms. The summed E-state index contributed by atoms with van der Waals surface area (Å²) in [5, 5.41) is 3.07. The first kappa shape index (κ1) is 25.1. The van der Waals surface area contributed by atoms with E-state index in [0.29, 0.717) is 0 Å². The van der Waals surface area contributed by atoms with Gasteiger partial charge in [-0.05, 0) is 0 Å². The largest absolute Gasteiger partial charge is 1.00 e. The number of halogens is 2. The van der Waals surface area contributed by atoms with Gasteiger partial charge in [-0.15, -0.1) is 0 Å². The molecule has 0 amide bonds. The van der Waals surface area contributed by atoms with E-state index in [4.69, 9.17) is 0 Å².